The molecule has 0 fully saturated rings. The monoisotopic (exact) mass is 304 g/mol. The summed E-state index contributed by atoms with van der Waals surface area (Å²) >= 11 is 0. The molecule has 0 aliphatic heterocycles. The van der Waals surface area contributed by atoms with Gasteiger partial charge in [-0.2, -0.15) is 0 Å². The van der Waals surface area contributed by atoms with Crippen molar-refractivity contribution in [1.29, 1.82) is 0 Å². The van der Waals surface area contributed by atoms with Crippen LogP contribution in [0.3, 0.4) is 0 Å². The molecule has 0 bridgehead atoms. The molecule has 1 aromatic carbocycles. The molecule has 5 nitrogen and oxygen atoms in total. The number of esters is 1. The van der Waals surface area contributed by atoms with Crippen molar-refractivity contribution in [2.24, 2.45) is 11.8 Å². The van der Waals surface area contributed by atoms with Crippen LogP contribution in [0.25, 0.3) is 0 Å². The number of carbonyl (C=O) groups is 3. The van der Waals surface area contributed by atoms with Crippen molar-refractivity contribution in [3.05, 3.63) is 29.3 Å². The van der Waals surface area contributed by atoms with E-state index in [0.29, 0.717) is 12.4 Å². The SMILES string of the molecule is CC(C)COc1cccc2c1C(=O)C(OC(=O)C(C)C)C2=O. The second kappa shape index (κ2) is 6.30. The summed E-state index contributed by atoms with van der Waals surface area (Å²) in [4.78, 5) is 36.4. The maximum Gasteiger partial charge on any atom is 0.309 e. The smallest absolute Gasteiger partial charge is 0.309 e. The molecule has 2 rings (SSSR count). The Balaban J connectivity index is 2.29. The topological polar surface area (TPSA) is 69.7 Å². The molecule has 0 radical (unpaired) electrons. The fraction of sp³-hybridized carbons (Fsp3) is 0.471. The van der Waals surface area contributed by atoms with Crippen LogP contribution in [0.15, 0.2) is 18.2 Å². The van der Waals surface area contributed by atoms with Crippen LogP contribution in [-0.2, 0) is 9.53 Å². The van der Waals surface area contributed by atoms with Crippen LogP contribution in [0.2, 0.25) is 0 Å². The van der Waals surface area contributed by atoms with Crippen LogP contribution in [0.1, 0.15) is 48.4 Å². The first-order valence-electron chi connectivity index (χ1n) is 7.37. The summed E-state index contributed by atoms with van der Waals surface area (Å²) in [5.74, 6) is -1.30. The molecule has 1 atom stereocenters. The van der Waals surface area contributed by atoms with Gasteiger partial charge in [0.15, 0.2) is 0 Å². The molecule has 0 N–H and O–H groups in total. The highest BCUT2D eigenvalue weighted by Crippen LogP contribution is 2.32. The van der Waals surface area contributed by atoms with Gasteiger partial charge >= 0.3 is 5.97 Å². The molecule has 0 aromatic heterocycles. The minimum absolute atomic E-state index is 0.217. The van der Waals surface area contributed by atoms with E-state index in [1.807, 2.05) is 13.8 Å². The number of hydrogen-bond donors (Lipinski definition) is 0. The lowest BCUT2D eigenvalue weighted by Crippen LogP contribution is -2.30. The van der Waals surface area contributed by atoms with Gasteiger partial charge in [-0.05, 0) is 12.0 Å². The molecule has 1 aromatic rings. The molecular formula is C17H20O5. The summed E-state index contributed by atoms with van der Waals surface area (Å²) < 4.78 is 10.7. The van der Waals surface area contributed by atoms with Gasteiger partial charge in [-0.3, -0.25) is 14.4 Å². The highest BCUT2D eigenvalue weighted by molar-refractivity contribution is 6.30. The molecule has 0 saturated heterocycles. The summed E-state index contributed by atoms with van der Waals surface area (Å²) in [7, 11) is 0. The van der Waals surface area contributed by atoms with Crippen LogP contribution in [-0.4, -0.2) is 30.2 Å². The minimum atomic E-state index is -1.38. The summed E-state index contributed by atoms with van der Waals surface area (Å²) in [5.41, 5.74) is 0.475. The Morgan fingerprint density at radius 3 is 2.41 bits per heavy atom. The Bertz CT molecular complexity index is 615. The molecule has 0 spiro atoms. The molecule has 0 amide bonds. The fourth-order valence-corrected chi connectivity index (χ4v) is 2.12. The van der Waals surface area contributed by atoms with E-state index in [1.165, 1.54) is 0 Å². The summed E-state index contributed by atoms with van der Waals surface area (Å²) in [6.07, 6.45) is -1.38. The van der Waals surface area contributed by atoms with Crippen molar-refractivity contribution >= 4 is 17.5 Å². The first-order valence-corrected chi connectivity index (χ1v) is 7.37. The number of benzene rings is 1. The van der Waals surface area contributed by atoms with Crippen LogP contribution in [0.4, 0.5) is 0 Å². The van der Waals surface area contributed by atoms with E-state index in [9.17, 15) is 14.4 Å². The zero-order valence-electron chi connectivity index (χ0n) is 13.2. The Hall–Kier alpha value is -2.17. The second-order valence-electron chi connectivity index (χ2n) is 6.08. The van der Waals surface area contributed by atoms with E-state index in [2.05, 4.69) is 0 Å². The van der Waals surface area contributed by atoms with Gasteiger partial charge in [-0.15, -0.1) is 0 Å². The quantitative estimate of drug-likeness (QED) is 0.618. The molecule has 22 heavy (non-hydrogen) atoms. The number of Topliss-reactive ketones (excluding diaryl/α,β-unsaturated/α-hetero) is 2. The first kappa shape index (κ1) is 16.2. The lowest BCUT2D eigenvalue weighted by molar-refractivity contribution is -0.148. The van der Waals surface area contributed by atoms with Gasteiger partial charge < -0.3 is 9.47 Å². The second-order valence-corrected chi connectivity index (χ2v) is 6.08. The lowest BCUT2D eigenvalue weighted by atomic mass is 10.1. The number of carbonyl (C=O) groups excluding carboxylic acids is 3. The molecule has 0 heterocycles. The van der Waals surface area contributed by atoms with Gasteiger partial charge in [-0.25, -0.2) is 0 Å². The van der Waals surface area contributed by atoms with E-state index < -0.39 is 29.6 Å². The average Bonchev–Trinajstić information content (AvgIpc) is 2.70. The summed E-state index contributed by atoms with van der Waals surface area (Å²) in [6.45, 7) is 7.72. The first-order chi connectivity index (χ1) is 10.3. The van der Waals surface area contributed by atoms with Gasteiger partial charge in [0.05, 0.1) is 18.1 Å². The van der Waals surface area contributed by atoms with E-state index in [1.54, 1.807) is 32.0 Å². The van der Waals surface area contributed by atoms with Crippen molar-refractivity contribution < 1.29 is 23.9 Å². The maximum atomic E-state index is 12.5. The maximum absolute atomic E-state index is 12.5. The Kier molecular flexibility index (Phi) is 4.64. The van der Waals surface area contributed by atoms with Crippen LogP contribution in [0, 0.1) is 11.8 Å². The lowest BCUT2D eigenvalue weighted by Gasteiger charge is -2.12. The van der Waals surface area contributed by atoms with Crippen LogP contribution >= 0.6 is 0 Å². The van der Waals surface area contributed by atoms with Gasteiger partial charge in [0.25, 0.3) is 0 Å². The highest BCUT2D eigenvalue weighted by Gasteiger charge is 2.43. The Labute approximate surface area is 129 Å². The predicted octanol–water partition coefficient (Wildman–Crippen LogP) is 2.67. The van der Waals surface area contributed by atoms with Gasteiger partial charge in [0.1, 0.15) is 5.75 Å². The van der Waals surface area contributed by atoms with E-state index in [4.69, 9.17) is 9.47 Å². The van der Waals surface area contributed by atoms with E-state index in [-0.39, 0.29) is 17.0 Å². The minimum Gasteiger partial charge on any atom is -0.493 e. The van der Waals surface area contributed by atoms with Crippen LogP contribution < -0.4 is 4.74 Å². The molecule has 1 aliphatic carbocycles. The normalized spacial score (nSPS) is 17.1. The zero-order chi connectivity index (χ0) is 16.4. The number of rotatable bonds is 5. The number of hydrogen-bond acceptors (Lipinski definition) is 5. The van der Waals surface area contributed by atoms with Crippen molar-refractivity contribution in [2.75, 3.05) is 6.61 Å². The standard InChI is InChI=1S/C17H20O5/c1-9(2)8-21-12-7-5-6-11-13(12)15(19)16(14(11)18)22-17(20)10(3)4/h5-7,9-10,16H,8H2,1-4H3. The molecule has 1 unspecified atom stereocenters. The average molecular weight is 304 g/mol. The Morgan fingerprint density at radius 1 is 1.14 bits per heavy atom. The largest absolute Gasteiger partial charge is 0.493 e. The van der Waals surface area contributed by atoms with Crippen molar-refractivity contribution in [2.45, 2.75) is 33.8 Å². The van der Waals surface area contributed by atoms with E-state index >= 15 is 0 Å². The third-order valence-corrected chi connectivity index (χ3v) is 3.29. The molecule has 5 heteroatoms. The molecule has 1 aliphatic rings. The Morgan fingerprint density at radius 2 is 1.82 bits per heavy atom. The third kappa shape index (κ3) is 3.03. The third-order valence-electron chi connectivity index (χ3n) is 3.29. The zero-order valence-corrected chi connectivity index (χ0v) is 13.2. The van der Waals surface area contributed by atoms with Gasteiger partial charge in [0, 0.05) is 5.56 Å². The van der Waals surface area contributed by atoms with Crippen molar-refractivity contribution in [1.82, 2.24) is 0 Å². The van der Waals surface area contributed by atoms with Gasteiger partial charge in [0.2, 0.25) is 17.7 Å². The molecule has 0 saturated carbocycles. The highest BCUT2D eigenvalue weighted by atomic mass is 16.6. The summed E-state index contributed by atoms with van der Waals surface area (Å²) in [5, 5.41) is 0. The van der Waals surface area contributed by atoms with E-state index in [0.717, 1.165) is 0 Å². The van der Waals surface area contributed by atoms with Gasteiger partial charge in [-0.1, -0.05) is 39.8 Å². The fourth-order valence-electron chi connectivity index (χ4n) is 2.12. The predicted molar refractivity (Wildman–Crippen MR) is 80.2 cm³/mol. The number of fused-ring (bicyclic) bond motifs is 1. The number of ether oxygens (including phenoxy) is 2. The van der Waals surface area contributed by atoms with Crippen LogP contribution in [0.5, 0.6) is 5.75 Å². The van der Waals surface area contributed by atoms with Crippen molar-refractivity contribution in [3.63, 3.8) is 0 Å². The number of ketones is 2. The molecular weight excluding hydrogens is 284 g/mol. The summed E-state index contributed by atoms with van der Waals surface area (Å²) in [6, 6.07) is 4.87. The van der Waals surface area contributed by atoms with Crippen molar-refractivity contribution in [3.8, 4) is 5.75 Å². The molecule has 118 valence electrons.